The molecule has 2 aromatic heterocycles. The molecular formula is C18H20F2N6O. The number of hydrogen-bond acceptors (Lipinski definition) is 4. The molecule has 0 atom stereocenters. The van der Waals surface area contributed by atoms with Gasteiger partial charge in [0.05, 0.1) is 18.4 Å². The second kappa shape index (κ2) is 7.67. The fraction of sp³-hybridized carbons (Fsp3) is 0.278. The van der Waals surface area contributed by atoms with Crippen LogP contribution in [0.3, 0.4) is 0 Å². The molecule has 3 rings (SSSR count). The molecule has 142 valence electrons. The predicted molar refractivity (Wildman–Crippen MR) is 97.8 cm³/mol. The van der Waals surface area contributed by atoms with Gasteiger partial charge >= 0.3 is 5.69 Å². The number of nitrogens with two attached hydrogens (primary N) is 1. The van der Waals surface area contributed by atoms with Crippen LogP contribution >= 0.6 is 0 Å². The Morgan fingerprint density at radius 2 is 2.04 bits per heavy atom. The van der Waals surface area contributed by atoms with Gasteiger partial charge in [-0.15, -0.1) is 0 Å². The van der Waals surface area contributed by atoms with Gasteiger partial charge < -0.3 is 5.73 Å². The van der Waals surface area contributed by atoms with E-state index in [0.29, 0.717) is 5.69 Å². The van der Waals surface area contributed by atoms with Crippen molar-refractivity contribution in [1.82, 2.24) is 24.1 Å². The highest BCUT2D eigenvalue weighted by molar-refractivity contribution is 5.69. The Kier molecular flexibility index (Phi) is 5.31. The molecule has 0 amide bonds. The predicted octanol–water partition coefficient (Wildman–Crippen LogP) is 2.34. The molecule has 0 saturated carbocycles. The van der Waals surface area contributed by atoms with E-state index in [2.05, 4.69) is 10.2 Å². The second-order valence-electron chi connectivity index (χ2n) is 6.04. The van der Waals surface area contributed by atoms with E-state index < -0.39 is 11.8 Å². The Labute approximate surface area is 154 Å². The van der Waals surface area contributed by atoms with Gasteiger partial charge in [0.1, 0.15) is 6.33 Å². The fourth-order valence-corrected chi connectivity index (χ4v) is 2.87. The molecule has 9 heteroatoms. The lowest BCUT2D eigenvalue weighted by molar-refractivity contribution is 0.400. The molecule has 0 radical (unpaired) electrons. The van der Waals surface area contributed by atoms with E-state index in [1.807, 2.05) is 36.9 Å². The third-order valence-corrected chi connectivity index (χ3v) is 4.42. The molecule has 0 unspecified atom stereocenters. The van der Waals surface area contributed by atoms with Crippen LogP contribution in [-0.4, -0.2) is 30.7 Å². The van der Waals surface area contributed by atoms with E-state index in [9.17, 15) is 13.6 Å². The van der Waals surface area contributed by atoms with Crippen molar-refractivity contribution in [3.8, 4) is 16.8 Å². The van der Waals surface area contributed by atoms with Gasteiger partial charge in [-0.05, 0) is 31.0 Å². The lowest BCUT2D eigenvalue weighted by Gasteiger charge is -2.10. The van der Waals surface area contributed by atoms with Gasteiger partial charge in [-0.25, -0.2) is 14.0 Å². The Hall–Kier alpha value is -3.07. The van der Waals surface area contributed by atoms with Crippen LogP contribution in [0, 0.1) is 6.92 Å². The lowest BCUT2D eigenvalue weighted by atomic mass is 10.0. The molecule has 27 heavy (non-hydrogen) atoms. The van der Waals surface area contributed by atoms with E-state index in [-0.39, 0.29) is 18.7 Å². The van der Waals surface area contributed by atoms with Crippen LogP contribution in [0.15, 0.2) is 53.4 Å². The van der Waals surface area contributed by atoms with Crippen molar-refractivity contribution in [3.05, 3.63) is 64.6 Å². The Balaban J connectivity index is 2.02. The maximum atomic E-state index is 12.8. The van der Waals surface area contributed by atoms with Gasteiger partial charge in [0.2, 0.25) is 0 Å². The first-order valence-electron chi connectivity index (χ1n) is 8.46. The Morgan fingerprint density at radius 3 is 2.67 bits per heavy atom. The van der Waals surface area contributed by atoms with Crippen molar-refractivity contribution in [1.29, 1.82) is 0 Å². The van der Waals surface area contributed by atoms with Crippen molar-refractivity contribution >= 4 is 0 Å². The molecule has 2 heterocycles. The van der Waals surface area contributed by atoms with Gasteiger partial charge in [0.15, 0.2) is 0 Å². The number of hydrogen-bond donors (Lipinski definition) is 1. The van der Waals surface area contributed by atoms with Crippen molar-refractivity contribution < 1.29 is 8.78 Å². The first-order chi connectivity index (χ1) is 13.0. The van der Waals surface area contributed by atoms with Crippen LogP contribution in [0.2, 0.25) is 0 Å². The van der Waals surface area contributed by atoms with Gasteiger partial charge in [-0.1, -0.05) is 12.1 Å². The van der Waals surface area contributed by atoms with E-state index in [1.54, 1.807) is 12.3 Å². The minimum Gasteiger partial charge on any atom is -0.327 e. The molecule has 0 spiro atoms. The molecule has 3 aromatic rings. The van der Waals surface area contributed by atoms with Gasteiger partial charge in [0.25, 0.3) is 6.08 Å². The standard InChI is InChI=1S/C18H20F2N6O/c1-3-24-9-14(8-22-24)15-5-4-6-16(12(15)2)25-11-23-26(18(25)27)10-13(7-21)17(19)20/h4-6,8-9,11H,3,7,10,21H2,1-2H3. The normalized spacial score (nSPS) is 11.0. The maximum Gasteiger partial charge on any atom is 0.350 e. The van der Waals surface area contributed by atoms with Gasteiger partial charge in [-0.3, -0.25) is 4.68 Å². The smallest absolute Gasteiger partial charge is 0.327 e. The molecule has 0 saturated heterocycles. The quantitative estimate of drug-likeness (QED) is 0.718. The number of rotatable bonds is 6. The highest BCUT2D eigenvalue weighted by Gasteiger charge is 2.15. The first-order valence-corrected chi connectivity index (χ1v) is 8.46. The third kappa shape index (κ3) is 3.59. The third-order valence-electron chi connectivity index (χ3n) is 4.42. The minimum atomic E-state index is -1.88. The molecular weight excluding hydrogens is 354 g/mol. The van der Waals surface area contributed by atoms with Crippen molar-refractivity contribution in [2.24, 2.45) is 5.73 Å². The van der Waals surface area contributed by atoms with Crippen LogP contribution < -0.4 is 11.4 Å². The first kappa shape index (κ1) is 18.7. The zero-order valence-electron chi connectivity index (χ0n) is 15.1. The zero-order valence-corrected chi connectivity index (χ0v) is 15.1. The van der Waals surface area contributed by atoms with Crippen LogP contribution in [0.1, 0.15) is 12.5 Å². The van der Waals surface area contributed by atoms with Crippen LogP contribution in [0.5, 0.6) is 0 Å². The summed E-state index contributed by atoms with van der Waals surface area (Å²) in [5.74, 6) is 0. The van der Waals surface area contributed by atoms with Crippen molar-refractivity contribution in [3.63, 3.8) is 0 Å². The minimum absolute atomic E-state index is 0.320. The topological polar surface area (TPSA) is 83.7 Å². The fourth-order valence-electron chi connectivity index (χ4n) is 2.87. The molecule has 0 aliphatic rings. The number of halogens is 2. The van der Waals surface area contributed by atoms with Gasteiger partial charge in [0, 0.05) is 30.4 Å². The van der Waals surface area contributed by atoms with Gasteiger partial charge in [-0.2, -0.15) is 19.0 Å². The molecule has 7 nitrogen and oxygen atoms in total. The highest BCUT2D eigenvalue weighted by Crippen LogP contribution is 2.26. The van der Waals surface area contributed by atoms with Crippen LogP contribution in [0.4, 0.5) is 8.78 Å². The summed E-state index contributed by atoms with van der Waals surface area (Å²) in [7, 11) is 0. The maximum absolute atomic E-state index is 12.8. The molecule has 0 fully saturated rings. The van der Waals surface area contributed by atoms with E-state index in [1.165, 1.54) is 10.9 Å². The van der Waals surface area contributed by atoms with Crippen molar-refractivity contribution in [2.75, 3.05) is 6.54 Å². The summed E-state index contributed by atoms with van der Waals surface area (Å²) in [6.07, 6.45) is 3.14. The summed E-state index contributed by atoms with van der Waals surface area (Å²) in [5.41, 5.74) is 7.85. The molecule has 1 aromatic carbocycles. The van der Waals surface area contributed by atoms with E-state index >= 15 is 0 Å². The summed E-state index contributed by atoms with van der Waals surface area (Å²) in [5, 5.41) is 8.23. The lowest BCUT2D eigenvalue weighted by Crippen LogP contribution is -2.26. The summed E-state index contributed by atoms with van der Waals surface area (Å²) in [6, 6.07) is 5.56. The molecule has 0 bridgehead atoms. The summed E-state index contributed by atoms with van der Waals surface area (Å²) >= 11 is 0. The Morgan fingerprint density at radius 1 is 1.26 bits per heavy atom. The number of benzene rings is 1. The number of nitrogens with zero attached hydrogens (tertiary/aromatic N) is 5. The second-order valence-corrected chi connectivity index (χ2v) is 6.04. The molecule has 0 aliphatic carbocycles. The number of aromatic nitrogens is 5. The molecule has 2 N–H and O–H groups in total. The van der Waals surface area contributed by atoms with E-state index in [0.717, 1.165) is 27.9 Å². The largest absolute Gasteiger partial charge is 0.350 e. The number of aryl methyl sites for hydroxylation is 1. The van der Waals surface area contributed by atoms with E-state index in [4.69, 9.17) is 5.73 Å². The van der Waals surface area contributed by atoms with Crippen LogP contribution in [0.25, 0.3) is 16.8 Å². The highest BCUT2D eigenvalue weighted by atomic mass is 19.3. The summed E-state index contributed by atoms with van der Waals surface area (Å²) < 4.78 is 29.8. The van der Waals surface area contributed by atoms with Crippen LogP contribution in [-0.2, 0) is 13.1 Å². The Bertz CT molecular complexity index is 1040. The summed E-state index contributed by atoms with van der Waals surface area (Å²) in [4.78, 5) is 12.6. The van der Waals surface area contributed by atoms with Crippen molar-refractivity contribution in [2.45, 2.75) is 26.9 Å². The zero-order chi connectivity index (χ0) is 19.6. The average molecular weight is 374 g/mol. The summed E-state index contributed by atoms with van der Waals surface area (Å²) in [6.45, 7) is 3.97. The SMILES string of the molecule is CCn1cc(-c2cccc(-n3cnn(CC(CN)=C(F)F)c3=O)c2C)cn1. The molecule has 0 aliphatic heterocycles. The average Bonchev–Trinajstić information content (AvgIpc) is 3.27. The monoisotopic (exact) mass is 374 g/mol.